The first kappa shape index (κ1) is 18.8. The fourth-order valence-corrected chi connectivity index (χ4v) is 5.32. The molecule has 2 amide bonds. The molecule has 0 aliphatic carbocycles. The summed E-state index contributed by atoms with van der Waals surface area (Å²) in [6, 6.07) is 4.44. The highest BCUT2D eigenvalue weighted by molar-refractivity contribution is 7.89. The number of nitrogens with zero attached hydrogens (tertiary/aromatic N) is 2. The molecule has 2 fully saturated rings. The van der Waals surface area contributed by atoms with E-state index in [1.165, 1.54) is 23.5 Å². The summed E-state index contributed by atoms with van der Waals surface area (Å²) < 4.78 is 33.0. The first-order valence-corrected chi connectivity index (χ1v) is 10.3. The van der Waals surface area contributed by atoms with Crippen LogP contribution in [0.25, 0.3) is 0 Å². The molecule has 1 atom stereocenters. The third kappa shape index (κ3) is 3.48. The van der Waals surface area contributed by atoms with Crippen molar-refractivity contribution < 1.29 is 22.7 Å². The van der Waals surface area contributed by atoms with Gasteiger partial charge in [-0.05, 0) is 43.4 Å². The van der Waals surface area contributed by atoms with Gasteiger partial charge < -0.3 is 4.74 Å². The first-order valence-electron chi connectivity index (χ1n) is 8.88. The van der Waals surface area contributed by atoms with Crippen LogP contribution in [0.2, 0.25) is 0 Å². The lowest BCUT2D eigenvalue weighted by Crippen LogP contribution is -2.41. The molecule has 0 bridgehead atoms. The second-order valence-electron chi connectivity index (χ2n) is 6.92. The molecule has 3 rings (SSSR count). The number of hydrogen-bond donors (Lipinski definition) is 0. The highest BCUT2D eigenvalue weighted by Crippen LogP contribution is 2.34. The Hall–Kier alpha value is -1.93. The minimum Gasteiger partial charge on any atom is -0.495 e. The molecular formula is C18H24N2O5S. The summed E-state index contributed by atoms with van der Waals surface area (Å²) in [4.78, 5) is 25.4. The largest absolute Gasteiger partial charge is 0.495 e. The molecule has 0 spiro atoms. The topological polar surface area (TPSA) is 84.0 Å². The van der Waals surface area contributed by atoms with E-state index in [1.807, 2.05) is 6.92 Å². The number of piperidine rings is 2. The Balaban J connectivity index is 2.03. The molecule has 1 aromatic rings. The van der Waals surface area contributed by atoms with Gasteiger partial charge in [-0.15, -0.1) is 0 Å². The molecule has 0 aromatic heterocycles. The van der Waals surface area contributed by atoms with Gasteiger partial charge in [0.25, 0.3) is 0 Å². The zero-order chi connectivity index (χ0) is 18.9. The predicted molar refractivity (Wildman–Crippen MR) is 96.5 cm³/mol. The maximum atomic E-state index is 13.2. The summed E-state index contributed by atoms with van der Waals surface area (Å²) in [5.41, 5.74) is 0.282. The van der Waals surface area contributed by atoms with Gasteiger partial charge in [0.05, 0.1) is 12.8 Å². The maximum Gasteiger partial charge on any atom is 0.246 e. The van der Waals surface area contributed by atoms with Crippen molar-refractivity contribution in [3.05, 3.63) is 18.2 Å². The van der Waals surface area contributed by atoms with Crippen LogP contribution in [0.4, 0.5) is 5.69 Å². The van der Waals surface area contributed by atoms with Crippen LogP contribution in [-0.4, -0.2) is 44.7 Å². The Morgan fingerprint density at radius 3 is 2.42 bits per heavy atom. The van der Waals surface area contributed by atoms with Crippen LogP contribution in [-0.2, 0) is 19.6 Å². The minimum absolute atomic E-state index is 0.00206. The number of carbonyl (C=O) groups is 2. The SMILES string of the molecule is COc1ccc(N2C(=O)CCCC2=O)cc1S(=O)(=O)N1CCCC(C)C1. The molecule has 1 unspecified atom stereocenters. The third-order valence-electron chi connectivity index (χ3n) is 4.92. The van der Waals surface area contributed by atoms with Crippen molar-refractivity contribution in [1.29, 1.82) is 0 Å². The predicted octanol–water partition coefficient (Wildman–Crippen LogP) is 2.16. The zero-order valence-electron chi connectivity index (χ0n) is 15.1. The molecule has 2 aliphatic rings. The minimum atomic E-state index is -3.77. The van der Waals surface area contributed by atoms with E-state index in [-0.39, 0.29) is 46.9 Å². The second-order valence-corrected chi connectivity index (χ2v) is 8.83. The van der Waals surface area contributed by atoms with E-state index in [1.54, 1.807) is 6.07 Å². The normalized spacial score (nSPS) is 22.5. The molecule has 0 N–H and O–H groups in total. The molecule has 0 saturated carbocycles. The van der Waals surface area contributed by atoms with E-state index >= 15 is 0 Å². The Labute approximate surface area is 154 Å². The monoisotopic (exact) mass is 380 g/mol. The molecule has 142 valence electrons. The van der Waals surface area contributed by atoms with E-state index < -0.39 is 10.0 Å². The second kappa shape index (κ2) is 7.36. The average Bonchev–Trinajstić information content (AvgIpc) is 2.61. The van der Waals surface area contributed by atoms with Gasteiger partial charge in [-0.25, -0.2) is 8.42 Å². The summed E-state index contributed by atoms with van der Waals surface area (Å²) in [5.74, 6) is -0.107. The number of rotatable bonds is 4. The zero-order valence-corrected chi connectivity index (χ0v) is 15.9. The van der Waals surface area contributed by atoms with Crippen LogP contribution in [0.1, 0.15) is 39.0 Å². The molecule has 8 heteroatoms. The molecule has 0 radical (unpaired) electrons. The van der Waals surface area contributed by atoms with Gasteiger partial charge in [-0.1, -0.05) is 6.92 Å². The fourth-order valence-electron chi connectivity index (χ4n) is 3.55. The summed E-state index contributed by atoms with van der Waals surface area (Å²) in [6.45, 7) is 2.94. The number of imide groups is 1. The standard InChI is InChI=1S/C18H24N2O5S/c1-13-5-4-10-19(12-13)26(23,24)16-11-14(8-9-15(16)25-2)20-17(21)6-3-7-18(20)22/h8-9,11,13H,3-7,10,12H2,1-2H3. The van der Waals surface area contributed by atoms with Crippen LogP contribution >= 0.6 is 0 Å². The Kier molecular flexibility index (Phi) is 5.34. The van der Waals surface area contributed by atoms with Crippen molar-refractivity contribution >= 4 is 27.5 Å². The van der Waals surface area contributed by atoms with Gasteiger partial charge >= 0.3 is 0 Å². The smallest absolute Gasteiger partial charge is 0.246 e. The lowest BCUT2D eigenvalue weighted by molar-refractivity contribution is -0.129. The van der Waals surface area contributed by atoms with Crippen LogP contribution in [0, 0.1) is 5.92 Å². The molecule has 1 aromatic carbocycles. The van der Waals surface area contributed by atoms with E-state index in [0.717, 1.165) is 17.7 Å². The summed E-state index contributed by atoms with van der Waals surface area (Å²) in [7, 11) is -2.37. The number of ether oxygens (including phenoxy) is 1. The summed E-state index contributed by atoms with van der Waals surface area (Å²) in [5, 5.41) is 0. The quantitative estimate of drug-likeness (QED) is 0.748. The number of hydrogen-bond acceptors (Lipinski definition) is 5. The van der Waals surface area contributed by atoms with Gasteiger partial charge in [-0.2, -0.15) is 4.31 Å². The van der Waals surface area contributed by atoms with Gasteiger partial charge in [0.1, 0.15) is 10.6 Å². The van der Waals surface area contributed by atoms with E-state index in [2.05, 4.69) is 0 Å². The van der Waals surface area contributed by atoms with Crippen molar-refractivity contribution in [2.24, 2.45) is 5.92 Å². The molecular weight excluding hydrogens is 356 g/mol. The van der Waals surface area contributed by atoms with Crippen molar-refractivity contribution in [3.63, 3.8) is 0 Å². The van der Waals surface area contributed by atoms with Gasteiger partial charge in [-0.3, -0.25) is 14.5 Å². The number of sulfonamides is 1. The third-order valence-corrected chi connectivity index (χ3v) is 6.81. The number of anilines is 1. The van der Waals surface area contributed by atoms with Crippen molar-refractivity contribution in [2.45, 2.75) is 43.9 Å². The number of amides is 2. The summed E-state index contributed by atoms with van der Waals surface area (Å²) >= 11 is 0. The van der Waals surface area contributed by atoms with Crippen LogP contribution in [0.15, 0.2) is 23.1 Å². The highest BCUT2D eigenvalue weighted by atomic mass is 32.2. The van der Waals surface area contributed by atoms with Gasteiger partial charge in [0, 0.05) is 25.9 Å². The number of carbonyl (C=O) groups excluding carboxylic acids is 2. The van der Waals surface area contributed by atoms with Crippen molar-refractivity contribution in [3.8, 4) is 5.75 Å². The van der Waals surface area contributed by atoms with Gasteiger partial charge in [0.15, 0.2) is 0 Å². The summed E-state index contributed by atoms with van der Waals surface area (Å²) in [6.07, 6.45) is 2.90. The lowest BCUT2D eigenvalue weighted by atomic mass is 10.0. The molecule has 2 aliphatic heterocycles. The van der Waals surface area contributed by atoms with E-state index in [0.29, 0.717) is 19.5 Å². The maximum absolute atomic E-state index is 13.2. The first-order chi connectivity index (χ1) is 12.3. The Morgan fingerprint density at radius 1 is 1.12 bits per heavy atom. The highest BCUT2D eigenvalue weighted by Gasteiger charge is 2.33. The average molecular weight is 380 g/mol. The fraction of sp³-hybridized carbons (Fsp3) is 0.556. The molecule has 7 nitrogen and oxygen atoms in total. The molecule has 2 saturated heterocycles. The Bertz CT molecular complexity index is 805. The van der Waals surface area contributed by atoms with Crippen molar-refractivity contribution in [1.82, 2.24) is 4.31 Å². The molecule has 2 heterocycles. The number of benzene rings is 1. The van der Waals surface area contributed by atoms with Crippen LogP contribution in [0.5, 0.6) is 5.75 Å². The van der Waals surface area contributed by atoms with Crippen LogP contribution < -0.4 is 9.64 Å². The number of methoxy groups -OCH3 is 1. The van der Waals surface area contributed by atoms with Crippen molar-refractivity contribution in [2.75, 3.05) is 25.1 Å². The van der Waals surface area contributed by atoms with Gasteiger partial charge in [0.2, 0.25) is 21.8 Å². The van der Waals surface area contributed by atoms with E-state index in [4.69, 9.17) is 4.74 Å². The molecule has 26 heavy (non-hydrogen) atoms. The lowest BCUT2D eigenvalue weighted by Gasteiger charge is -2.31. The van der Waals surface area contributed by atoms with E-state index in [9.17, 15) is 18.0 Å². The van der Waals surface area contributed by atoms with Crippen LogP contribution in [0.3, 0.4) is 0 Å². The Morgan fingerprint density at radius 2 is 1.81 bits per heavy atom.